The molecule has 0 bridgehead atoms. The second kappa shape index (κ2) is 6.64. The molecule has 0 aliphatic heterocycles. The number of ether oxygens (including phenoxy) is 1. The molecular formula is C14H19N3O3S. The Morgan fingerprint density at radius 1 is 1.29 bits per heavy atom. The van der Waals surface area contributed by atoms with Crippen LogP contribution in [0.3, 0.4) is 0 Å². The predicted octanol–water partition coefficient (Wildman–Crippen LogP) is 1.93. The van der Waals surface area contributed by atoms with Gasteiger partial charge in [-0.05, 0) is 32.2 Å². The molecule has 0 aliphatic rings. The smallest absolute Gasteiger partial charge is 0.263 e. The summed E-state index contributed by atoms with van der Waals surface area (Å²) < 4.78 is 32.7. The van der Waals surface area contributed by atoms with Crippen LogP contribution in [0.15, 0.2) is 41.4 Å². The van der Waals surface area contributed by atoms with Gasteiger partial charge in [0.25, 0.3) is 10.0 Å². The summed E-state index contributed by atoms with van der Waals surface area (Å²) in [6.07, 6.45) is 1.47. The predicted molar refractivity (Wildman–Crippen MR) is 82.0 cm³/mol. The number of hydrogen-bond donors (Lipinski definition) is 3. The summed E-state index contributed by atoms with van der Waals surface area (Å²) >= 11 is 0. The highest BCUT2D eigenvalue weighted by Crippen LogP contribution is 2.26. The number of hydrogen-bond acceptors (Lipinski definition) is 4. The molecule has 2 aromatic rings. The van der Waals surface area contributed by atoms with Crippen molar-refractivity contribution in [3.8, 4) is 5.75 Å². The van der Waals surface area contributed by atoms with Crippen LogP contribution in [0.5, 0.6) is 5.75 Å². The van der Waals surface area contributed by atoms with Crippen LogP contribution in [-0.4, -0.2) is 27.1 Å². The number of aromatic nitrogens is 1. The quantitative estimate of drug-likeness (QED) is 0.730. The molecule has 114 valence electrons. The third-order valence-electron chi connectivity index (χ3n) is 2.83. The van der Waals surface area contributed by atoms with E-state index in [9.17, 15) is 8.42 Å². The van der Waals surface area contributed by atoms with Crippen LogP contribution in [0.4, 0.5) is 5.69 Å². The maximum Gasteiger partial charge on any atom is 0.263 e. The minimum Gasteiger partial charge on any atom is -0.492 e. The van der Waals surface area contributed by atoms with Gasteiger partial charge in [-0.1, -0.05) is 12.1 Å². The number of para-hydroxylation sites is 2. The number of H-pyrrole nitrogens is 1. The molecule has 21 heavy (non-hydrogen) atoms. The Morgan fingerprint density at radius 3 is 2.76 bits per heavy atom. The lowest BCUT2D eigenvalue weighted by molar-refractivity contribution is 0.342. The van der Waals surface area contributed by atoms with E-state index in [2.05, 4.69) is 15.0 Å². The van der Waals surface area contributed by atoms with Crippen LogP contribution in [0.1, 0.15) is 12.6 Å². The lowest BCUT2D eigenvalue weighted by Gasteiger charge is -2.11. The van der Waals surface area contributed by atoms with Crippen LogP contribution in [-0.2, 0) is 16.6 Å². The Labute approximate surface area is 124 Å². The van der Waals surface area contributed by atoms with Crippen molar-refractivity contribution in [2.75, 3.05) is 18.4 Å². The van der Waals surface area contributed by atoms with Gasteiger partial charge in [-0.2, -0.15) is 0 Å². The van der Waals surface area contributed by atoms with Gasteiger partial charge in [-0.3, -0.25) is 4.72 Å². The van der Waals surface area contributed by atoms with E-state index in [1.165, 1.54) is 6.20 Å². The van der Waals surface area contributed by atoms with Crippen molar-refractivity contribution in [1.82, 2.24) is 10.3 Å². The fraction of sp³-hybridized carbons (Fsp3) is 0.286. The van der Waals surface area contributed by atoms with E-state index in [1.807, 2.05) is 6.92 Å². The second-order valence-corrected chi connectivity index (χ2v) is 6.11. The zero-order valence-corrected chi connectivity index (χ0v) is 12.8. The summed E-state index contributed by atoms with van der Waals surface area (Å²) in [5.41, 5.74) is 1.23. The first-order chi connectivity index (χ1) is 10.1. The molecule has 1 aromatic heterocycles. The average Bonchev–Trinajstić information content (AvgIpc) is 2.91. The molecule has 7 heteroatoms. The van der Waals surface area contributed by atoms with E-state index < -0.39 is 10.0 Å². The molecule has 1 heterocycles. The van der Waals surface area contributed by atoms with Gasteiger partial charge >= 0.3 is 0 Å². The Hall–Kier alpha value is -1.99. The number of rotatable bonds is 7. The minimum atomic E-state index is -3.64. The van der Waals surface area contributed by atoms with E-state index in [-0.39, 0.29) is 4.90 Å². The molecule has 3 N–H and O–H groups in total. The lowest BCUT2D eigenvalue weighted by Crippen LogP contribution is -2.13. The van der Waals surface area contributed by atoms with Crippen molar-refractivity contribution in [2.45, 2.75) is 18.4 Å². The van der Waals surface area contributed by atoms with Crippen molar-refractivity contribution < 1.29 is 13.2 Å². The maximum absolute atomic E-state index is 12.4. The zero-order chi connectivity index (χ0) is 15.3. The first kappa shape index (κ1) is 15.4. The number of nitrogens with one attached hydrogen (secondary N) is 3. The second-order valence-electron chi connectivity index (χ2n) is 4.43. The Bertz CT molecular complexity index is 695. The van der Waals surface area contributed by atoms with Gasteiger partial charge in [0.05, 0.1) is 12.3 Å². The van der Waals surface area contributed by atoms with E-state index in [1.54, 1.807) is 37.4 Å². The minimum absolute atomic E-state index is 0.194. The molecule has 0 unspecified atom stereocenters. The van der Waals surface area contributed by atoms with E-state index in [4.69, 9.17) is 4.74 Å². The molecule has 0 spiro atoms. The van der Waals surface area contributed by atoms with Gasteiger partial charge in [0, 0.05) is 18.4 Å². The lowest BCUT2D eigenvalue weighted by atomic mass is 10.3. The molecule has 0 saturated heterocycles. The van der Waals surface area contributed by atoms with Gasteiger partial charge in [-0.25, -0.2) is 8.42 Å². The van der Waals surface area contributed by atoms with Gasteiger partial charge in [0.2, 0.25) is 0 Å². The highest BCUT2D eigenvalue weighted by molar-refractivity contribution is 7.92. The largest absolute Gasteiger partial charge is 0.492 e. The summed E-state index contributed by atoms with van der Waals surface area (Å²) in [5.74, 6) is 0.509. The first-order valence-electron chi connectivity index (χ1n) is 6.63. The molecule has 6 nitrogen and oxygen atoms in total. The highest BCUT2D eigenvalue weighted by atomic mass is 32.2. The first-order valence-corrected chi connectivity index (χ1v) is 8.11. The Morgan fingerprint density at radius 2 is 2.05 bits per heavy atom. The molecule has 0 radical (unpaired) electrons. The van der Waals surface area contributed by atoms with Crippen molar-refractivity contribution in [3.05, 3.63) is 42.2 Å². The summed E-state index contributed by atoms with van der Waals surface area (Å²) in [5, 5.41) is 2.96. The maximum atomic E-state index is 12.4. The van der Waals surface area contributed by atoms with E-state index in [0.29, 0.717) is 24.6 Å². The molecule has 0 atom stereocenters. The summed E-state index contributed by atoms with van der Waals surface area (Å²) in [4.78, 5) is 3.12. The van der Waals surface area contributed by atoms with Crippen molar-refractivity contribution >= 4 is 15.7 Å². The van der Waals surface area contributed by atoms with Gasteiger partial charge in [0.15, 0.2) is 0 Å². The monoisotopic (exact) mass is 309 g/mol. The van der Waals surface area contributed by atoms with Gasteiger partial charge in [0.1, 0.15) is 10.6 Å². The Kier molecular flexibility index (Phi) is 4.87. The Balaban J connectivity index is 2.24. The molecule has 1 aromatic carbocycles. The average molecular weight is 309 g/mol. The molecular weight excluding hydrogens is 290 g/mol. The van der Waals surface area contributed by atoms with E-state index >= 15 is 0 Å². The normalized spacial score (nSPS) is 11.3. The van der Waals surface area contributed by atoms with Crippen molar-refractivity contribution in [2.24, 2.45) is 0 Å². The molecule has 0 amide bonds. The van der Waals surface area contributed by atoms with Gasteiger partial charge in [-0.15, -0.1) is 0 Å². The number of anilines is 1. The molecule has 2 rings (SSSR count). The summed E-state index contributed by atoms with van der Waals surface area (Å²) in [7, 11) is -1.84. The third kappa shape index (κ3) is 3.77. The van der Waals surface area contributed by atoms with Crippen LogP contribution < -0.4 is 14.8 Å². The van der Waals surface area contributed by atoms with Gasteiger partial charge < -0.3 is 15.0 Å². The topological polar surface area (TPSA) is 83.2 Å². The number of benzene rings is 1. The molecule has 0 saturated carbocycles. The zero-order valence-electron chi connectivity index (χ0n) is 12.0. The standard InChI is InChI=1S/C14H19N3O3S/c1-3-20-14-7-5-4-6-13(14)17-21(18,19)12-8-11(9-15-2)16-10-12/h4-8,10,15-17H,3,9H2,1-2H3. The van der Waals surface area contributed by atoms with Crippen LogP contribution in [0.2, 0.25) is 0 Å². The van der Waals surface area contributed by atoms with Crippen molar-refractivity contribution in [1.29, 1.82) is 0 Å². The SMILES string of the molecule is CCOc1ccccc1NS(=O)(=O)c1c[nH]c(CNC)c1. The third-order valence-corrected chi connectivity index (χ3v) is 4.17. The summed E-state index contributed by atoms with van der Waals surface area (Å²) in [6, 6.07) is 8.55. The number of aromatic amines is 1. The fourth-order valence-corrected chi connectivity index (χ4v) is 2.99. The van der Waals surface area contributed by atoms with Crippen LogP contribution >= 0.6 is 0 Å². The van der Waals surface area contributed by atoms with Crippen molar-refractivity contribution in [3.63, 3.8) is 0 Å². The molecule has 0 fully saturated rings. The number of sulfonamides is 1. The van der Waals surface area contributed by atoms with Crippen LogP contribution in [0.25, 0.3) is 0 Å². The van der Waals surface area contributed by atoms with Crippen LogP contribution in [0, 0.1) is 0 Å². The fourth-order valence-electron chi connectivity index (χ4n) is 1.90. The van der Waals surface area contributed by atoms with E-state index in [0.717, 1.165) is 5.69 Å². The highest BCUT2D eigenvalue weighted by Gasteiger charge is 2.18. The molecule has 0 aliphatic carbocycles. The summed E-state index contributed by atoms with van der Waals surface area (Å²) in [6.45, 7) is 2.89.